The molecule has 0 radical (unpaired) electrons. The van der Waals surface area contributed by atoms with Gasteiger partial charge in [0, 0.05) is 17.8 Å². The van der Waals surface area contributed by atoms with Crippen molar-refractivity contribution in [2.45, 2.75) is 46.3 Å². The van der Waals surface area contributed by atoms with Crippen LogP contribution in [0.2, 0.25) is 5.02 Å². The molecule has 3 heterocycles. The van der Waals surface area contributed by atoms with Crippen molar-refractivity contribution in [1.29, 1.82) is 0 Å². The van der Waals surface area contributed by atoms with Gasteiger partial charge in [0.2, 0.25) is 0 Å². The third kappa shape index (κ3) is 3.33. The normalized spacial score (nSPS) is 20.3. The van der Waals surface area contributed by atoms with Crippen LogP contribution in [0.5, 0.6) is 0 Å². The van der Waals surface area contributed by atoms with Crippen molar-refractivity contribution in [3.8, 4) is 0 Å². The van der Waals surface area contributed by atoms with Gasteiger partial charge in [-0.05, 0) is 43.5 Å². The minimum absolute atomic E-state index is 0.0446. The fraction of sp³-hybridized carbons (Fsp3) is 0.364. The van der Waals surface area contributed by atoms with Gasteiger partial charge in [-0.25, -0.2) is 9.79 Å². The van der Waals surface area contributed by atoms with E-state index in [4.69, 9.17) is 11.6 Å². The Morgan fingerprint density at radius 1 is 1.17 bits per heavy atom. The van der Waals surface area contributed by atoms with E-state index in [0.717, 1.165) is 11.0 Å². The Morgan fingerprint density at radius 3 is 2.53 bits per heavy atom. The van der Waals surface area contributed by atoms with Crippen molar-refractivity contribution in [2.75, 3.05) is 0 Å². The molecule has 0 fully saturated rings. The predicted octanol–water partition coefficient (Wildman–Crippen LogP) is 3.78. The maximum Gasteiger partial charge on any atom is 0.326 e. The first-order valence-corrected chi connectivity index (χ1v) is 10.2. The number of H-pyrrole nitrogens is 1. The van der Waals surface area contributed by atoms with E-state index in [2.05, 4.69) is 41.0 Å². The van der Waals surface area contributed by atoms with Gasteiger partial charge in [-0.15, -0.1) is 0 Å². The van der Waals surface area contributed by atoms with Gasteiger partial charge in [0.25, 0.3) is 5.91 Å². The predicted molar refractivity (Wildman–Crippen MR) is 118 cm³/mol. The Bertz CT molecular complexity index is 1230. The number of carbonyl (C=O) groups is 1. The van der Waals surface area contributed by atoms with Crippen LogP contribution >= 0.6 is 11.6 Å². The van der Waals surface area contributed by atoms with Crippen LogP contribution in [-0.4, -0.2) is 26.2 Å². The Kier molecular flexibility index (Phi) is 4.62. The number of fused-ring (bicyclic) bond motifs is 1. The van der Waals surface area contributed by atoms with Crippen LogP contribution in [0.4, 0.5) is 0 Å². The maximum absolute atomic E-state index is 12.8. The molecule has 1 amide bonds. The summed E-state index contributed by atoms with van der Waals surface area (Å²) in [6.45, 7) is 10.1. The number of amides is 1. The van der Waals surface area contributed by atoms with E-state index >= 15 is 0 Å². The number of carbonyl (C=O) groups excluding carboxylic acids is 1. The number of imidazole rings is 1. The topological polar surface area (TPSA) is 92.1 Å². The van der Waals surface area contributed by atoms with Gasteiger partial charge in [-0.2, -0.15) is 0 Å². The molecule has 1 aliphatic rings. The maximum atomic E-state index is 12.8. The molecule has 8 heteroatoms. The van der Waals surface area contributed by atoms with Gasteiger partial charge in [-0.1, -0.05) is 38.4 Å². The van der Waals surface area contributed by atoms with Crippen LogP contribution in [0.15, 0.2) is 46.3 Å². The van der Waals surface area contributed by atoms with Gasteiger partial charge in [0.1, 0.15) is 5.71 Å². The molecule has 7 nitrogen and oxygen atoms in total. The summed E-state index contributed by atoms with van der Waals surface area (Å²) in [5.74, 6) is -0.290. The molecule has 1 aromatic carbocycles. The van der Waals surface area contributed by atoms with Crippen molar-refractivity contribution < 1.29 is 4.79 Å². The van der Waals surface area contributed by atoms with Crippen LogP contribution in [0.1, 0.15) is 51.9 Å². The molecule has 0 saturated heterocycles. The Hall–Kier alpha value is -2.93. The molecule has 0 spiro atoms. The zero-order chi connectivity index (χ0) is 21.8. The Labute approximate surface area is 179 Å². The quantitative estimate of drug-likeness (QED) is 0.668. The molecule has 2 atom stereocenters. The molecule has 30 heavy (non-hydrogen) atoms. The van der Waals surface area contributed by atoms with Crippen molar-refractivity contribution in [1.82, 2.24) is 19.9 Å². The van der Waals surface area contributed by atoms with Crippen LogP contribution in [0.3, 0.4) is 0 Å². The zero-order valence-corrected chi connectivity index (χ0v) is 18.3. The lowest BCUT2D eigenvalue weighted by molar-refractivity contribution is -0.115. The van der Waals surface area contributed by atoms with Crippen LogP contribution in [0, 0.1) is 5.41 Å². The monoisotopic (exact) mass is 425 g/mol. The number of hydrogen-bond acceptors (Lipinski definition) is 4. The second-order valence-electron chi connectivity index (χ2n) is 8.92. The average molecular weight is 426 g/mol. The van der Waals surface area contributed by atoms with Gasteiger partial charge >= 0.3 is 5.69 Å². The summed E-state index contributed by atoms with van der Waals surface area (Å²) in [4.78, 5) is 37.3. The van der Waals surface area contributed by atoms with Crippen LogP contribution in [-0.2, 0) is 10.5 Å². The summed E-state index contributed by atoms with van der Waals surface area (Å²) in [5.41, 5.74) is 1.74. The van der Waals surface area contributed by atoms with Gasteiger partial charge < -0.3 is 10.3 Å². The first-order valence-electron chi connectivity index (χ1n) is 9.79. The molecule has 0 saturated carbocycles. The Morgan fingerprint density at radius 2 is 1.90 bits per heavy atom. The third-order valence-corrected chi connectivity index (χ3v) is 5.99. The van der Waals surface area contributed by atoms with E-state index in [9.17, 15) is 9.59 Å². The standard InChI is InChI=1S/C22H24ClN5O2/c1-12(21(2,3)4)28-16-10-13(6-8-15(16)25-20(28)30)18-19(29)27-22(5,26-18)17-9-7-14(23)11-24-17/h6-12H,1-5H3,(H,25,30)(H,27,29)/t12-,22-/m1/s1. The molecule has 4 rings (SSSR count). The summed E-state index contributed by atoms with van der Waals surface area (Å²) in [6.07, 6.45) is 1.53. The lowest BCUT2D eigenvalue weighted by Crippen LogP contribution is -2.38. The molecule has 2 aromatic heterocycles. The second-order valence-corrected chi connectivity index (χ2v) is 9.36. The minimum atomic E-state index is -0.984. The van der Waals surface area contributed by atoms with E-state index in [-0.39, 0.29) is 23.1 Å². The average Bonchev–Trinajstić information content (AvgIpc) is 3.16. The van der Waals surface area contributed by atoms with Crippen molar-refractivity contribution in [2.24, 2.45) is 10.4 Å². The van der Waals surface area contributed by atoms with Crippen LogP contribution in [0.25, 0.3) is 11.0 Å². The third-order valence-electron chi connectivity index (χ3n) is 5.77. The van der Waals surface area contributed by atoms with Crippen molar-refractivity contribution in [3.05, 3.63) is 63.3 Å². The summed E-state index contributed by atoms with van der Waals surface area (Å²) < 4.78 is 1.74. The fourth-order valence-electron chi connectivity index (χ4n) is 3.60. The number of hydrogen-bond donors (Lipinski definition) is 2. The summed E-state index contributed by atoms with van der Waals surface area (Å²) in [5, 5.41) is 3.42. The number of benzene rings is 1. The second kappa shape index (κ2) is 6.80. The zero-order valence-electron chi connectivity index (χ0n) is 17.6. The molecule has 0 unspecified atom stereocenters. The van der Waals surface area contributed by atoms with E-state index in [1.807, 2.05) is 19.1 Å². The highest BCUT2D eigenvalue weighted by molar-refractivity contribution is 6.47. The molecular weight excluding hydrogens is 402 g/mol. The largest absolute Gasteiger partial charge is 0.326 e. The van der Waals surface area contributed by atoms with Crippen molar-refractivity contribution in [3.63, 3.8) is 0 Å². The van der Waals surface area contributed by atoms with E-state index < -0.39 is 5.66 Å². The highest BCUT2D eigenvalue weighted by atomic mass is 35.5. The lowest BCUT2D eigenvalue weighted by atomic mass is 9.88. The summed E-state index contributed by atoms with van der Waals surface area (Å²) in [7, 11) is 0. The van der Waals surface area contributed by atoms with Crippen LogP contribution < -0.4 is 11.0 Å². The van der Waals surface area contributed by atoms with Gasteiger partial charge in [0.05, 0.1) is 21.7 Å². The van der Waals surface area contributed by atoms with Gasteiger partial charge in [0.15, 0.2) is 5.66 Å². The first kappa shape index (κ1) is 20.3. The molecule has 2 N–H and O–H groups in total. The molecule has 0 aliphatic carbocycles. The molecule has 0 bridgehead atoms. The van der Waals surface area contributed by atoms with Gasteiger partial charge in [-0.3, -0.25) is 14.3 Å². The lowest BCUT2D eigenvalue weighted by Gasteiger charge is -2.28. The number of rotatable bonds is 3. The summed E-state index contributed by atoms with van der Waals surface area (Å²) >= 11 is 5.93. The molecule has 156 valence electrons. The Balaban J connectivity index is 1.82. The summed E-state index contributed by atoms with van der Waals surface area (Å²) in [6, 6.07) is 8.86. The number of nitrogens with one attached hydrogen (secondary N) is 2. The molecule has 1 aliphatic heterocycles. The number of pyridine rings is 1. The fourth-order valence-corrected chi connectivity index (χ4v) is 3.72. The smallest absolute Gasteiger partial charge is 0.321 e. The first-order chi connectivity index (χ1) is 14.0. The number of nitrogens with zero attached hydrogens (tertiary/aromatic N) is 3. The number of aromatic nitrogens is 3. The number of halogens is 1. The molecular formula is C22H24ClN5O2. The van der Waals surface area contributed by atoms with E-state index in [1.54, 1.807) is 29.7 Å². The highest BCUT2D eigenvalue weighted by Gasteiger charge is 2.38. The number of aliphatic imine (C=N–C) groups is 1. The highest BCUT2D eigenvalue weighted by Crippen LogP contribution is 2.32. The van der Waals surface area contributed by atoms with E-state index in [0.29, 0.717) is 22.0 Å². The SMILES string of the molecule is C[C@@H](n1c(=O)[nH]c2ccc(C3=N[C@@](C)(c4ccc(Cl)cn4)NC3=O)cc21)C(C)(C)C. The molecule has 3 aromatic rings. The van der Waals surface area contributed by atoms with E-state index in [1.165, 1.54) is 6.20 Å². The number of aromatic amines is 1. The minimum Gasteiger partial charge on any atom is -0.321 e. The van der Waals surface area contributed by atoms with Crippen molar-refractivity contribution >= 4 is 34.3 Å².